The van der Waals surface area contributed by atoms with Crippen LogP contribution < -0.4 is 5.56 Å². The van der Waals surface area contributed by atoms with Crippen LogP contribution >= 0.6 is 0 Å². The standard InChI is InChI=1S/C27H29N5O/c1-2-3-4-5-11-17-31-19-28-25-23(27(31)33)24-26(30-22-15-10-9-14-21(22)29-24)32(25)18-16-20-12-7-6-8-13-20/h6-10,12-15,19H,2-5,11,16-18H2,1H3. The van der Waals surface area contributed by atoms with E-state index in [9.17, 15) is 4.79 Å². The Bertz CT molecular complexity index is 1450. The second-order valence-corrected chi connectivity index (χ2v) is 8.63. The minimum Gasteiger partial charge on any atom is -0.308 e. The summed E-state index contributed by atoms with van der Waals surface area (Å²) < 4.78 is 3.80. The number of aryl methyl sites for hydroxylation is 3. The maximum Gasteiger partial charge on any atom is 0.265 e. The highest BCUT2D eigenvalue weighted by Crippen LogP contribution is 2.25. The summed E-state index contributed by atoms with van der Waals surface area (Å²) in [5.74, 6) is 0. The molecule has 0 saturated heterocycles. The molecule has 33 heavy (non-hydrogen) atoms. The normalized spacial score (nSPS) is 11.7. The summed E-state index contributed by atoms with van der Waals surface area (Å²) in [6.45, 7) is 3.58. The smallest absolute Gasteiger partial charge is 0.265 e. The van der Waals surface area contributed by atoms with Crippen molar-refractivity contribution in [2.24, 2.45) is 0 Å². The van der Waals surface area contributed by atoms with Crippen LogP contribution in [0, 0.1) is 0 Å². The summed E-state index contributed by atoms with van der Waals surface area (Å²) in [7, 11) is 0. The maximum atomic E-state index is 13.5. The van der Waals surface area contributed by atoms with E-state index in [1.54, 1.807) is 10.9 Å². The Morgan fingerprint density at radius 1 is 0.788 bits per heavy atom. The summed E-state index contributed by atoms with van der Waals surface area (Å²) in [5, 5.41) is 0.576. The zero-order chi connectivity index (χ0) is 22.6. The molecule has 0 N–H and O–H groups in total. The van der Waals surface area contributed by atoms with Crippen molar-refractivity contribution in [2.45, 2.75) is 58.5 Å². The van der Waals surface area contributed by atoms with Crippen LogP contribution in [0.15, 0.2) is 65.7 Å². The van der Waals surface area contributed by atoms with Crippen molar-refractivity contribution in [1.82, 2.24) is 24.1 Å². The Kier molecular flexibility index (Phi) is 6.15. The number of para-hydroxylation sites is 2. The molecule has 0 radical (unpaired) electrons. The van der Waals surface area contributed by atoms with Gasteiger partial charge in [-0.2, -0.15) is 0 Å². The van der Waals surface area contributed by atoms with E-state index >= 15 is 0 Å². The number of aromatic nitrogens is 5. The topological polar surface area (TPSA) is 65.6 Å². The SMILES string of the molecule is CCCCCCCn1cnc2c(c1=O)c1nc3ccccc3nc1n2CCc1ccccc1. The van der Waals surface area contributed by atoms with Crippen molar-refractivity contribution in [3.8, 4) is 0 Å². The molecule has 3 aromatic heterocycles. The molecule has 3 heterocycles. The average molecular weight is 440 g/mol. The quantitative estimate of drug-likeness (QED) is 0.284. The number of unbranched alkanes of at least 4 members (excludes halogenated alkanes) is 4. The Balaban J connectivity index is 1.60. The molecule has 0 saturated carbocycles. The molecule has 0 amide bonds. The number of hydrogen-bond donors (Lipinski definition) is 0. The highest BCUT2D eigenvalue weighted by atomic mass is 16.1. The molecule has 168 valence electrons. The molecule has 0 atom stereocenters. The molecule has 0 bridgehead atoms. The molecule has 0 aliphatic heterocycles. The van der Waals surface area contributed by atoms with E-state index in [1.807, 2.05) is 42.5 Å². The summed E-state index contributed by atoms with van der Waals surface area (Å²) in [6, 6.07) is 18.2. The van der Waals surface area contributed by atoms with Crippen molar-refractivity contribution in [3.63, 3.8) is 0 Å². The lowest BCUT2D eigenvalue weighted by atomic mass is 10.1. The van der Waals surface area contributed by atoms with Crippen LogP contribution in [0.3, 0.4) is 0 Å². The number of fused-ring (bicyclic) bond motifs is 4. The summed E-state index contributed by atoms with van der Waals surface area (Å²) in [5.41, 5.74) is 4.87. The fourth-order valence-corrected chi connectivity index (χ4v) is 4.48. The second kappa shape index (κ2) is 9.53. The molecule has 6 heteroatoms. The van der Waals surface area contributed by atoms with Crippen LogP contribution in [-0.4, -0.2) is 24.1 Å². The highest BCUT2D eigenvalue weighted by molar-refractivity contribution is 6.04. The molecular formula is C27H29N5O. The van der Waals surface area contributed by atoms with Gasteiger partial charge in [0.15, 0.2) is 11.3 Å². The maximum absolute atomic E-state index is 13.5. The van der Waals surface area contributed by atoms with E-state index < -0.39 is 0 Å². The molecule has 0 unspecified atom stereocenters. The summed E-state index contributed by atoms with van der Waals surface area (Å²) >= 11 is 0. The largest absolute Gasteiger partial charge is 0.308 e. The predicted octanol–water partition coefficient (Wildman–Crippen LogP) is 5.51. The van der Waals surface area contributed by atoms with Gasteiger partial charge in [0, 0.05) is 13.1 Å². The lowest BCUT2D eigenvalue weighted by Gasteiger charge is -2.08. The van der Waals surface area contributed by atoms with E-state index in [0.717, 1.165) is 35.9 Å². The second-order valence-electron chi connectivity index (χ2n) is 8.63. The van der Waals surface area contributed by atoms with Crippen LogP contribution in [0.25, 0.3) is 33.2 Å². The number of hydrogen-bond acceptors (Lipinski definition) is 4. The lowest BCUT2D eigenvalue weighted by molar-refractivity contribution is 0.555. The van der Waals surface area contributed by atoms with Gasteiger partial charge in [-0.15, -0.1) is 0 Å². The Hall–Kier alpha value is -3.54. The first-order valence-corrected chi connectivity index (χ1v) is 11.9. The first kappa shape index (κ1) is 21.3. The van der Waals surface area contributed by atoms with E-state index in [-0.39, 0.29) is 5.56 Å². The van der Waals surface area contributed by atoms with Crippen molar-refractivity contribution in [1.29, 1.82) is 0 Å². The van der Waals surface area contributed by atoms with Gasteiger partial charge in [0.2, 0.25) is 0 Å². The number of rotatable bonds is 9. The van der Waals surface area contributed by atoms with Crippen molar-refractivity contribution in [2.75, 3.05) is 0 Å². The molecule has 0 aliphatic rings. The zero-order valence-corrected chi connectivity index (χ0v) is 19.1. The van der Waals surface area contributed by atoms with Crippen LogP contribution in [0.1, 0.15) is 44.6 Å². The predicted molar refractivity (Wildman–Crippen MR) is 133 cm³/mol. The van der Waals surface area contributed by atoms with Gasteiger partial charge in [0.05, 0.1) is 17.4 Å². The van der Waals surface area contributed by atoms with Crippen LogP contribution in [0.2, 0.25) is 0 Å². The average Bonchev–Trinajstić information content (AvgIpc) is 3.16. The third kappa shape index (κ3) is 4.25. The van der Waals surface area contributed by atoms with Crippen LogP contribution in [0.5, 0.6) is 0 Å². The van der Waals surface area contributed by atoms with E-state index in [2.05, 4.69) is 23.6 Å². The van der Waals surface area contributed by atoms with Crippen molar-refractivity contribution in [3.05, 3.63) is 76.8 Å². The van der Waals surface area contributed by atoms with E-state index in [1.165, 1.54) is 24.8 Å². The Morgan fingerprint density at radius 3 is 2.30 bits per heavy atom. The Labute approximate surface area is 192 Å². The molecule has 5 rings (SSSR count). The first-order valence-electron chi connectivity index (χ1n) is 11.9. The van der Waals surface area contributed by atoms with Crippen LogP contribution in [-0.2, 0) is 19.5 Å². The van der Waals surface area contributed by atoms with Gasteiger partial charge < -0.3 is 4.57 Å². The minimum absolute atomic E-state index is 0.0245. The van der Waals surface area contributed by atoms with Crippen molar-refractivity contribution >= 4 is 33.2 Å². The van der Waals surface area contributed by atoms with Gasteiger partial charge in [-0.1, -0.05) is 75.1 Å². The zero-order valence-electron chi connectivity index (χ0n) is 19.1. The van der Waals surface area contributed by atoms with Gasteiger partial charge >= 0.3 is 0 Å². The van der Waals surface area contributed by atoms with Gasteiger partial charge in [0.1, 0.15) is 10.9 Å². The summed E-state index contributed by atoms with van der Waals surface area (Å²) in [6.07, 6.45) is 8.29. The van der Waals surface area contributed by atoms with Crippen molar-refractivity contribution < 1.29 is 0 Å². The van der Waals surface area contributed by atoms with E-state index in [0.29, 0.717) is 29.6 Å². The van der Waals surface area contributed by atoms with Gasteiger partial charge in [0.25, 0.3) is 5.56 Å². The molecule has 0 fully saturated rings. The summed E-state index contributed by atoms with van der Waals surface area (Å²) in [4.78, 5) is 28.0. The van der Waals surface area contributed by atoms with Gasteiger partial charge in [-0.3, -0.25) is 9.36 Å². The molecule has 6 nitrogen and oxygen atoms in total. The monoisotopic (exact) mass is 439 g/mol. The first-order chi connectivity index (χ1) is 16.3. The molecule has 5 aromatic rings. The molecule has 0 aliphatic carbocycles. The minimum atomic E-state index is -0.0245. The lowest BCUT2D eigenvalue weighted by Crippen LogP contribution is -2.21. The van der Waals surface area contributed by atoms with Gasteiger partial charge in [-0.25, -0.2) is 15.0 Å². The third-order valence-corrected chi connectivity index (χ3v) is 6.29. The number of benzene rings is 2. The molecule has 0 spiro atoms. The Morgan fingerprint density at radius 2 is 1.52 bits per heavy atom. The third-order valence-electron chi connectivity index (χ3n) is 6.29. The van der Waals surface area contributed by atoms with Gasteiger partial charge in [-0.05, 0) is 30.5 Å². The van der Waals surface area contributed by atoms with E-state index in [4.69, 9.17) is 15.0 Å². The van der Waals surface area contributed by atoms with Crippen LogP contribution in [0.4, 0.5) is 0 Å². The number of nitrogens with zero attached hydrogens (tertiary/aromatic N) is 5. The highest BCUT2D eigenvalue weighted by Gasteiger charge is 2.19. The molecule has 2 aromatic carbocycles. The molecular weight excluding hydrogens is 410 g/mol. The fraction of sp³-hybridized carbons (Fsp3) is 0.333. The fourth-order valence-electron chi connectivity index (χ4n) is 4.48.